The molecule has 3 aromatic rings. The molecule has 0 unspecified atom stereocenters. The van der Waals surface area contributed by atoms with E-state index in [1.165, 1.54) is 11.8 Å². The number of halogens is 1. The monoisotopic (exact) mass is 545 g/mol. The Morgan fingerprint density at radius 3 is 1.68 bits per heavy atom. The molecule has 4 nitrogen and oxygen atoms in total. The third kappa shape index (κ3) is 9.22. The van der Waals surface area contributed by atoms with E-state index in [-0.39, 0.29) is 37.9 Å². The average molecular weight is 545 g/mol. The van der Waals surface area contributed by atoms with Gasteiger partial charge in [-0.3, -0.25) is 0 Å². The van der Waals surface area contributed by atoms with Crippen LogP contribution in [0.5, 0.6) is 0 Å². The summed E-state index contributed by atoms with van der Waals surface area (Å²) in [6, 6.07) is 29.6. The van der Waals surface area contributed by atoms with Gasteiger partial charge in [-0.15, -0.1) is 0 Å². The van der Waals surface area contributed by atoms with Crippen LogP contribution in [0.1, 0.15) is 35.2 Å². The van der Waals surface area contributed by atoms with E-state index in [0.29, 0.717) is 0 Å². The zero-order valence-electron chi connectivity index (χ0n) is 17.4. The van der Waals surface area contributed by atoms with Crippen molar-refractivity contribution in [3.63, 3.8) is 0 Å². The molecule has 0 bridgehead atoms. The van der Waals surface area contributed by atoms with Crippen LogP contribution in [0.4, 0.5) is 0 Å². The molecule has 0 fully saturated rings. The predicted molar refractivity (Wildman–Crippen MR) is 119 cm³/mol. The minimum absolute atomic E-state index is 0. The molecular weight excluding hydrogens is 517 g/mol. The molecule has 7 heteroatoms. The molecule has 0 heterocycles. The number of nitrogens with one attached hydrogen (secondary N) is 2. The zero-order chi connectivity index (χ0) is 20.5. The molecule has 0 saturated carbocycles. The Morgan fingerprint density at radius 1 is 0.742 bits per heavy atom. The van der Waals surface area contributed by atoms with E-state index in [2.05, 4.69) is 34.3 Å². The van der Waals surface area contributed by atoms with Crippen LogP contribution in [-0.4, -0.2) is 21.2 Å². The molecule has 0 amide bonds. The Morgan fingerprint density at radius 2 is 1.19 bits per heavy atom. The van der Waals surface area contributed by atoms with E-state index in [1.807, 2.05) is 66.7 Å². The Labute approximate surface area is 205 Å². The van der Waals surface area contributed by atoms with Gasteiger partial charge >= 0.3 is 19.5 Å². The van der Waals surface area contributed by atoms with Crippen molar-refractivity contribution >= 4 is 10.0 Å². The topological polar surface area (TPSA) is 58.2 Å². The predicted octanol–water partition coefficient (Wildman–Crippen LogP) is 1.24. The number of rotatable bonds is 10. The maximum absolute atomic E-state index is 12.1. The van der Waals surface area contributed by atoms with Gasteiger partial charge < -0.3 is 17.7 Å². The molecule has 3 aromatic carbocycles. The molecule has 167 valence electrons. The number of benzene rings is 3. The van der Waals surface area contributed by atoms with Crippen LogP contribution >= 0.6 is 0 Å². The normalized spacial score (nSPS) is 12.8. The van der Waals surface area contributed by atoms with E-state index in [1.54, 1.807) is 0 Å². The van der Waals surface area contributed by atoms with E-state index in [9.17, 15) is 8.42 Å². The van der Waals surface area contributed by atoms with Crippen molar-refractivity contribution in [3.05, 3.63) is 108 Å². The first-order chi connectivity index (χ1) is 14.0. The molecule has 0 saturated heterocycles. The van der Waals surface area contributed by atoms with Crippen LogP contribution < -0.4 is 22.4 Å². The molecule has 3 rings (SSSR count). The second-order valence-corrected chi connectivity index (χ2v) is 8.99. The fourth-order valence-corrected chi connectivity index (χ4v) is 4.24. The Bertz CT molecular complexity index is 974. The van der Waals surface area contributed by atoms with Crippen molar-refractivity contribution in [1.82, 2.24) is 10.0 Å². The van der Waals surface area contributed by atoms with Gasteiger partial charge in [0.2, 0.25) is 10.0 Å². The van der Waals surface area contributed by atoms with E-state index in [0.717, 1.165) is 30.5 Å². The van der Waals surface area contributed by atoms with Gasteiger partial charge in [0, 0.05) is 0 Å². The number of hydrogen-bond donors (Lipinski definition) is 2. The van der Waals surface area contributed by atoms with Crippen molar-refractivity contribution in [2.75, 3.05) is 12.8 Å². The Balaban J connectivity index is 0.00000240. The van der Waals surface area contributed by atoms with Gasteiger partial charge in [-0.05, 0) is 36.1 Å². The second-order valence-electron chi connectivity index (χ2n) is 7.21. The fourth-order valence-electron chi connectivity index (χ4n) is 3.50. The van der Waals surface area contributed by atoms with Crippen LogP contribution in [0.25, 0.3) is 0 Å². The third-order valence-corrected chi connectivity index (χ3v) is 5.52. The van der Waals surface area contributed by atoms with Crippen LogP contribution in [0, 0.1) is 0 Å². The summed E-state index contributed by atoms with van der Waals surface area (Å²) in [5, 5.41) is 3.60. The molecule has 0 aliphatic rings. The van der Waals surface area contributed by atoms with Crippen molar-refractivity contribution in [2.24, 2.45) is 0 Å². The third-order valence-electron chi connectivity index (χ3n) is 4.84. The first-order valence-corrected chi connectivity index (χ1v) is 11.8. The molecule has 2 atom stereocenters. The van der Waals surface area contributed by atoms with Crippen LogP contribution in [0.15, 0.2) is 91.0 Å². The molecule has 0 aliphatic heterocycles. The van der Waals surface area contributed by atoms with Crippen LogP contribution in [-0.2, 0) is 35.9 Å². The minimum Gasteiger partial charge on any atom is -1.00 e. The average Bonchev–Trinajstić information content (AvgIpc) is 2.74. The summed E-state index contributed by atoms with van der Waals surface area (Å²) >= 11 is 0. The first-order valence-electron chi connectivity index (χ1n) is 9.87. The van der Waals surface area contributed by atoms with Gasteiger partial charge in [0.25, 0.3) is 0 Å². The molecule has 0 spiro atoms. The summed E-state index contributed by atoms with van der Waals surface area (Å²) in [7, 11) is -3.39. The summed E-state index contributed by atoms with van der Waals surface area (Å²) in [5.74, 6) is 0. The van der Waals surface area contributed by atoms with Gasteiger partial charge in [-0.1, -0.05) is 91.0 Å². The van der Waals surface area contributed by atoms with Crippen molar-refractivity contribution in [2.45, 2.75) is 24.9 Å². The largest absolute Gasteiger partial charge is 1.00 e. The number of aryl methyl sites for hydroxylation is 1. The SMILES string of the molecule is CS(=O)(=O)N[C@@H](c1ccccc1)[C@@H](NCCCc1ccccc1)c1ccccc1.[Cl-].[Ru+]. The van der Waals surface area contributed by atoms with Gasteiger partial charge in [0.1, 0.15) is 0 Å². The molecule has 31 heavy (non-hydrogen) atoms. The van der Waals surface area contributed by atoms with Gasteiger partial charge in [0.05, 0.1) is 18.3 Å². The molecule has 0 aromatic heterocycles. The Hall–Kier alpha value is -1.56. The maximum atomic E-state index is 12.1. The number of hydrogen-bond acceptors (Lipinski definition) is 3. The molecular formula is C24H28ClN2O2RuS. The molecule has 2 N–H and O–H groups in total. The molecule has 0 aliphatic carbocycles. The summed E-state index contributed by atoms with van der Waals surface area (Å²) in [5.41, 5.74) is 3.29. The summed E-state index contributed by atoms with van der Waals surface area (Å²) in [4.78, 5) is 0. The van der Waals surface area contributed by atoms with E-state index in [4.69, 9.17) is 0 Å². The molecule has 1 radical (unpaired) electrons. The summed E-state index contributed by atoms with van der Waals surface area (Å²) < 4.78 is 27.1. The Kier molecular flexibility index (Phi) is 12.2. The summed E-state index contributed by atoms with van der Waals surface area (Å²) in [6.07, 6.45) is 3.15. The smallest absolute Gasteiger partial charge is 1.00 e. The summed E-state index contributed by atoms with van der Waals surface area (Å²) in [6.45, 7) is 0.781. The van der Waals surface area contributed by atoms with E-state index >= 15 is 0 Å². The van der Waals surface area contributed by atoms with Crippen molar-refractivity contribution in [3.8, 4) is 0 Å². The van der Waals surface area contributed by atoms with E-state index < -0.39 is 16.1 Å². The van der Waals surface area contributed by atoms with Crippen molar-refractivity contribution in [1.29, 1.82) is 0 Å². The van der Waals surface area contributed by atoms with Gasteiger partial charge in [-0.2, -0.15) is 0 Å². The first kappa shape index (κ1) is 27.5. The quantitative estimate of drug-likeness (QED) is 0.298. The minimum atomic E-state index is -3.39. The van der Waals surface area contributed by atoms with Gasteiger partial charge in [0.15, 0.2) is 0 Å². The van der Waals surface area contributed by atoms with Crippen molar-refractivity contribution < 1.29 is 40.3 Å². The van der Waals surface area contributed by atoms with Crippen LogP contribution in [0.2, 0.25) is 0 Å². The second kappa shape index (κ2) is 13.8. The van der Waals surface area contributed by atoms with Crippen LogP contribution in [0.3, 0.4) is 0 Å². The fraction of sp³-hybridized carbons (Fsp3) is 0.250. The maximum Gasteiger partial charge on any atom is 1.00 e. The zero-order valence-corrected chi connectivity index (χ0v) is 20.7. The van der Waals surface area contributed by atoms with Gasteiger partial charge in [-0.25, -0.2) is 13.1 Å². The number of sulfonamides is 1. The standard InChI is InChI=1S/C24H28N2O2S.ClH.Ru/c1-29(27,28)26-24(22-17-9-4-10-18-22)23(21-15-7-3-8-16-21)25-19-11-14-20-12-5-2-6-13-20;;/h2-10,12-13,15-18,23-26H,11,14,19H2,1H3;1H;/q;;+1/p-1/t23-,24-;;/m0../s1.